The fourth-order valence-electron chi connectivity index (χ4n) is 3.13. The predicted octanol–water partition coefficient (Wildman–Crippen LogP) is 3.66. The highest BCUT2D eigenvalue weighted by atomic mass is 32.1. The second-order valence-electron chi connectivity index (χ2n) is 5.22. The number of piperidine rings is 1. The summed E-state index contributed by atoms with van der Waals surface area (Å²) in [7, 11) is 2.06. The van der Waals surface area contributed by atoms with E-state index in [1.165, 1.54) is 38.6 Å². The minimum atomic E-state index is 0.646. The smallest absolute Gasteiger partial charge is 0.0441 e. The molecule has 0 radical (unpaired) electrons. The first-order valence-electron chi connectivity index (χ1n) is 7.30. The van der Waals surface area contributed by atoms with Gasteiger partial charge in [-0.15, -0.1) is 11.3 Å². The molecule has 0 spiro atoms. The second-order valence-corrected chi connectivity index (χ2v) is 6.20. The van der Waals surface area contributed by atoms with Crippen LogP contribution in [0.3, 0.4) is 0 Å². The highest BCUT2D eigenvalue weighted by Gasteiger charge is 2.28. The molecule has 102 valence electrons. The van der Waals surface area contributed by atoms with Crippen molar-refractivity contribution in [2.45, 2.75) is 51.1 Å². The summed E-state index contributed by atoms with van der Waals surface area (Å²) in [4.78, 5) is 4.32. The van der Waals surface area contributed by atoms with E-state index in [2.05, 4.69) is 41.7 Å². The minimum Gasteiger partial charge on any atom is -0.320 e. The van der Waals surface area contributed by atoms with Gasteiger partial charge < -0.3 is 5.32 Å². The number of thiophene rings is 1. The maximum atomic E-state index is 3.30. The van der Waals surface area contributed by atoms with Gasteiger partial charge in [0.15, 0.2) is 0 Å². The van der Waals surface area contributed by atoms with Crippen molar-refractivity contribution in [1.82, 2.24) is 10.2 Å². The molecule has 2 atom stereocenters. The Bertz CT molecular complexity index is 323. The molecule has 1 saturated heterocycles. The highest BCUT2D eigenvalue weighted by molar-refractivity contribution is 7.10. The van der Waals surface area contributed by atoms with Crippen LogP contribution in [-0.2, 0) is 0 Å². The van der Waals surface area contributed by atoms with Gasteiger partial charge in [0.25, 0.3) is 0 Å². The van der Waals surface area contributed by atoms with Gasteiger partial charge in [-0.2, -0.15) is 0 Å². The molecule has 0 amide bonds. The van der Waals surface area contributed by atoms with Crippen molar-refractivity contribution in [3.8, 4) is 0 Å². The van der Waals surface area contributed by atoms with Crippen molar-refractivity contribution in [2.24, 2.45) is 0 Å². The summed E-state index contributed by atoms with van der Waals surface area (Å²) >= 11 is 1.92. The monoisotopic (exact) mass is 266 g/mol. The van der Waals surface area contributed by atoms with Crippen molar-refractivity contribution >= 4 is 11.3 Å². The van der Waals surface area contributed by atoms with E-state index in [0.29, 0.717) is 6.04 Å². The molecule has 2 heterocycles. The van der Waals surface area contributed by atoms with Crippen LogP contribution in [0.1, 0.15) is 49.9 Å². The lowest BCUT2D eigenvalue weighted by molar-refractivity contribution is 0.0877. The van der Waals surface area contributed by atoms with E-state index in [4.69, 9.17) is 0 Å². The first-order valence-corrected chi connectivity index (χ1v) is 8.18. The van der Waals surface area contributed by atoms with Crippen LogP contribution in [0.2, 0.25) is 0 Å². The summed E-state index contributed by atoms with van der Waals surface area (Å²) in [5, 5.41) is 5.52. The van der Waals surface area contributed by atoms with Gasteiger partial charge in [0.1, 0.15) is 0 Å². The third-order valence-electron chi connectivity index (χ3n) is 4.06. The molecular weight excluding hydrogens is 240 g/mol. The Balaban J connectivity index is 2.06. The lowest BCUT2D eigenvalue weighted by Gasteiger charge is -2.41. The number of hydrogen-bond acceptors (Lipinski definition) is 3. The van der Waals surface area contributed by atoms with Crippen LogP contribution in [0.25, 0.3) is 0 Å². The third-order valence-corrected chi connectivity index (χ3v) is 5.03. The van der Waals surface area contributed by atoms with Crippen molar-refractivity contribution in [3.63, 3.8) is 0 Å². The summed E-state index contributed by atoms with van der Waals surface area (Å²) in [5.41, 5.74) is 0. The van der Waals surface area contributed by atoms with Crippen LogP contribution >= 0.6 is 11.3 Å². The van der Waals surface area contributed by atoms with Crippen molar-refractivity contribution in [2.75, 3.05) is 20.1 Å². The number of likely N-dealkylation sites (tertiary alicyclic amines) is 1. The molecule has 0 saturated carbocycles. The maximum Gasteiger partial charge on any atom is 0.0441 e. The molecule has 1 aliphatic rings. The summed E-state index contributed by atoms with van der Waals surface area (Å²) in [6.45, 7) is 4.75. The Labute approximate surface area is 115 Å². The molecule has 2 rings (SSSR count). The largest absolute Gasteiger partial charge is 0.320 e. The van der Waals surface area contributed by atoms with Crippen molar-refractivity contribution < 1.29 is 0 Å². The van der Waals surface area contributed by atoms with Crippen LogP contribution in [0, 0.1) is 0 Å². The van der Waals surface area contributed by atoms with Gasteiger partial charge in [-0.1, -0.05) is 19.4 Å². The SMILES string of the molecule is CCC(c1cccs1)N1CCCCC1CCNC. The van der Waals surface area contributed by atoms with Gasteiger partial charge in [-0.3, -0.25) is 4.90 Å². The van der Waals surface area contributed by atoms with Crippen LogP contribution in [-0.4, -0.2) is 31.1 Å². The average Bonchev–Trinajstić information content (AvgIpc) is 2.92. The van der Waals surface area contributed by atoms with Crippen molar-refractivity contribution in [1.29, 1.82) is 0 Å². The molecule has 1 aromatic rings. The lowest BCUT2D eigenvalue weighted by Crippen LogP contribution is -2.42. The van der Waals surface area contributed by atoms with Crippen LogP contribution < -0.4 is 5.32 Å². The van der Waals surface area contributed by atoms with Gasteiger partial charge in [0.2, 0.25) is 0 Å². The van der Waals surface area contributed by atoms with Gasteiger partial charge >= 0.3 is 0 Å². The summed E-state index contributed by atoms with van der Waals surface area (Å²) < 4.78 is 0. The average molecular weight is 266 g/mol. The first-order chi connectivity index (χ1) is 8.86. The molecule has 1 fully saturated rings. The first kappa shape index (κ1) is 14.0. The summed E-state index contributed by atoms with van der Waals surface area (Å²) in [6.07, 6.45) is 6.68. The highest BCUT2D eigenvalue weighted by Crippen LogP contribution is 2.34. The van der Waals surface area contributed by atoms with Gasteiger partial charge in [-0.05, 0) is 57.3 Å². The Morgan fingerprint density at radius 3 is 3.06 bits per heavy atom. The topological polar surface area (TPSA) is 15.3 Å². The molecule has 0 aromatic carbocycles. The molecule has 1 aromatic heterocycles. The fraction of sp³-hybridized carbons (Fsp3) is 0.733. The summed E-state index contributed by atoms with van der Waals surface area (Å²) in [5.74, 6) is 0. The summed E-state index contributed by atoms with van der Waals surface area (Å²) in [6, 6.07) is 5.92. The van der Waals surface area contributed by atoms with Crippen molar-refractivity contribution in [3.05, 3.63) is 22.4 Å². The molecule has 2 nitrogen and oxygen atoms in total. The standard InChI is InChI=1S/C15H26N2S/c1-3-14(15-8-6-12-18-15)17-11-5-4-7-13(17)9-10-16-2/h6,8,12-14,16H,3-5,7,9-11H2,1-2H3. The minimum absolute atomic E-state index is 0.646. The Kier molecular flexibility index (Phi) is 5.67. The van der Waals surface area contributed by atoms with E-state index in [0.717, 1.165) is 12.6 Å². The van der Waals surface area contributed by atoms with E-state index in [1.54, 1.807) is 4.88 Å². The van der Waals surface area contributed by atoms with Gasteiger partial charge in [-0.25, -0.2) is 0 Å². The van der Waals surface area contributed by atoms with E-state index < -0.39 is 0 Å². The number of nitrogens with one attached hydrogen (secondary N) is 1. The Morgan fingerprint density at radius 2 is 2.39 bits per heavy atom. The van der Waals surface area contributed by atoms with Crippen LogP contribution in [0.5, 0.6) is 0 Å². The van der Waals surface area contributed by atoms with E-state index in [-0.39, 0.29) is 0 Å². The molecule has 1 aliphatic heterocycles. The number of nitrogens with zero attached hydrogens (tertiary/aromatic N) is 1. The van der Waals surface area contributed by atoms with Gasteiger partial charge in [0.05, 0.1) is 0 Å². The molecule has 0 aliphatic carbocycles. The Morgan fingerprint density at radius 1 is 1.50 bits per heavy atom. The van der Waals surface area contributed by atoms with E-state index >= 15 is 0 Å². The zero-order valence-corrected chi connectivity index (χ0v) is 12.5. The molecular formula is C15H26N2S. The van der Waals surface area contributed by atoms with E-state index in [9.17, 15) is 0 Å². The van der Waals surface area contributed by atoms with Gasteiger partial charge in [0, 0.05) is 17.0 Å². The molecule has 3 heteroatoms. The lowest BCUT2D eigenvalue weighted by atomic mass is 9.96. The molecule has 0 bridgehead atoms. The fourth-order valence-corrected chi connectivity index (χ4v) is 4.06. The normalized spacial score (nSPS) is 23.1. The number of rotatable bonds is 6. The maximum absolute atomic E-state index is 3.30. The molecule has 2 unspecified atom stereocenters. The Hall–Kier alpha value is -0.380. The van der Waals surface area contributed by atoms with Crippen LogP contribution in [0.15, 0.2) is 17.5 Å². The predicted molar refractivity (Wildman–Crippen MR) is 80.2 cm³/mol. The molecule has 18 heavy (non-hydrogen) atoms. The third kappa shape index (κ3) is 3.34. The zero-order valence-electron chi connectivity index (χ0n) is 11.7. The molecule has 1 N–H and O–H groups in total. The van der Waals surface area contributed by atoms with Crippen LogP contribution in [0.4, 0.5) is 0 Å². The zero-order chi connectivity index (χ0) is 12.8. The van der Waals surface area contributed by atoms with E-state index in [1.807, 2.05) is 11.3 Å². The second kappa shape index (κ2) is 7.27. The quantitative estimate of drug-likeness (QED) is 0.845. The number of hydrogen-bond donors (Lipinski definition) is 1.